The number of benzene rings is 4. The molecule has 4 aromatic rings. The number of halogens is 1. The molecule has 222 valence electrons. The molecule has 0 heterocycles. The van der Waals surface area contributed by atoms with Gasteiger partial charge < -0.3 is 14.8 Å². The normalized spacial score (nSPS) is 11.1. The number of sulfonamides is 1. The lowest BCUT2D eigenvalue weighted by Crippen LogP contribution is -2.39. The summed E-state index contributed by atoms with van der Waals surface area (Å²) >= 11 is 0. The molecule has 2 amide bonds. The second-order valence-electron chi connectivity index (χ2n) is 9.20. The predicted octanol–water partition coefficient (Wildman–Crippen LogP) is 4.51. The van der Waals surface area contributed by atoms with Crippen LogP contribution in [-0.4, -0.2) is 46.7 Å². The van der Waals surface area contributed by atoms with Crippen LogP contribution >= 0.6 is 0 Å². The molecule has 0 unspecified atom stereocenters. The van der Waals surface area contributed by atoms with Gasteiger partial charge in [0.2, 0.25) is 0 Å². The summed E-state index contributed by atoms with van der Waals surface area (Å²) in [6.45, 7) is 1.03. The van der Waals surface area contributed by atoms with Crippen LogP contribution in [0, 0.1) is 12.7 Å². The number of rotatable bonds is 12. The summed E-state index contributed by atoms with van der Waals surface area (Å²) in [4.78, 5) is 24.9. The number of aryl methyl sites for hydroxylation is 1. The summed E-state index contributed by atoms with van der Waals surface area (Å²) < 4.78 is 51.9. The topological polar surface area (TPSA) is 126 Å². The number of nitrogens with one attached hydrogen (secondary N) is 2. The zero-order valence-corrected chi connectivity index (χ0v) is 24.2. The minimum atomic E-state index is -4.13. The lowest BCUT2D eigenvalue weighted by Gasteiger charge is -2.25. The van der Waals surface area contributed by atoms with E-state index in [2.05, 4.69) is 15.8 Å². The molecule has 0 aliphatic carbocycles. The lowest BCUT2D eigenvalue weighted by molar-refractivity contribution is -0.119. The maximum atomic E-state index is 13.6. The molecule has 4 aromatic carbocycles. The summed E-state index contributed by atoms with van der Waals surface area (Å²) in [7, 11) is -2.71. The van der Waals surface area contributed by atoms with Crippen LogP contribution in [0.1, 0.15) is 11.1 Å². The molecule has 4 rings (SSSR count). The summed E-state index contributed by atoms with van der Waals surface area (Å²) in [6, 6.07) is 24.7. The Kier molecular flexibility index (Phi) is 10.1. The molecule has 43 heavy (non-hydrogen) atoms. The van der Waals surface area contributed by atoms with Crippen LogP contribution in [0.15, 0.2) is 107 Å². The van der Waals surface area contributed by atoms with Gasteiger partial charge in [-0.05, 0) is 85.3 Å². The van der Waals surface area contributed by atoms with Crippen LogP contribution in [0.25, 0.3) is 0 Å². The highest BCUT2D eigenvalue weighted by Gasteiger charge is 2.29. The van der Waals surface area contributed by atoms with Crippen LogP contribution in [0.3, 0.4) is 0 Å². The maximum Gasteiger partial charge on any atom is 0.264 e. The van der Waals surface area contributed by atoms with E-state index in [1.807, 2.05) is 6.92 Å². The van der Waals surface area contributed by atoms with E-state index in [1.54, 1.807) is 60.7 Å². The van der Waals surface area contributed by atoms with Crippen molar-refractivity contribution in [1.82, 2.24) is 5.43 Å². The van der Waals surface area contributed by atoms with Gasteiger partial charge in [0.15, 0.2) is 6.61 Å². The number of methoxy groups -OCH3 is 1. The highest BCUT2D eigenvalue weighted by Crippen LogP contribution is 2.32. The van der Waals surface area contributed by atoms with Crippen LogP contribution in [0.4, 0.5) is 15.8 Å². The van der Waals surface area contributed by atoms with E-state index in [-0.39, 0.29) is 22.9 Å². The van der Waals surface area contributed by atoms with Gasteiger partial charge in [0, 0.05) is 5.69 Å². The lowest BCUT2D eigenvalue weighted by atomic mass is 10.2. The number of carbonyl (C=O) groups excluding carboxylic acids is 2. The molecule has 0 atom stereocenters. The van der Waals surface area contributed by atoms with Crippen LogP contribution in [0.5, 0.6) is 11.5 Å². The second kappa shape index (κ2) is 14.1. The van der Waals surface area contributed by atoms with Crippen molar-refractivity contribution in [3.05, 3.63) is 114 Å². The van der Waals surface area contributed by atoms with Crippen molar-refractivity contribution in [3.63, 3.8) is 0 Å². The Morgan fingerprint density at radius 3 is 2.26 bits per heavy atom. The number of hydrazone groups is 1. The first-order valence-electron chi connectivity index (χ1n) is 13.0. The van der Waals surface area contributed by atoms with Crippen LogP contribution < -0.4 is 24.5 Å². The van der Waals surface area contributed by atoms with E-state index in [0.717, 1.165) is 9.87 Å². The van der Waals surface area contributed by atoms with Crippen molar-refractivity contribution in [2.75, 3.05) is 29.9 Å². The molecule has 0 spiro atoms. The molecular weight excluding hydrogens is 575 g/mol. The molecule has 0 aliphatic rings. The molecule has 0 radical (unpaired) electrons. The molecule has 0 saturated carbocycles. The molecule has 2 N–H and O–H groups in total. The summed E-state index contributed by atoms with van der Waals surface area (Å²) in [5, 5.41) is 6.55. The minimum Gasteiger partial charge on any atom is -0.495 e. The monoisotopic (exact) mass is 604 g/mol. The molecule has 0 aromatic heterocycles. The number of para-hydroxylation sites is 2. The first-order chi connectivity index (χ1) is 20.7. The standard InChI is InChI=1S/C31H29FN4O6S/c1-22-7-17-27(18-8-22)43(39,40)36(28-5-3-4-6-29(28)41-2)20-30(37)35-33-19-23-9-15-26(16-10-23)42-21-31(38)34-25-13-11-24(32)12-14-25/h3-19H,20-21H2,1-2H3,(H,34,38)(H,35,37)/b33-19-. The molecule has 12 heteroatoms. The van der Waals surface area contributed by atoms with Gasteiger partial charge in [-0.1, -0.05) is 29.8 Å². The van der Waals surface area contributed by atoms with E-state index in [0.29, 0.717) is 17.0 Å². The Balaban J connectivity index is 1.37. The van der Waals surface area contributed by atoms with Gasteiger partial charge in [-0.15, -0.1) is 0 Å². The number of anilines is 2. The van der Waals surface area contributed by atoms with Gasteiger partial charge >= 0.3 is 0 Å². The number of carbonyl (C=O) groups is 2. The summed E-state index contributed by atoms with van der Waals surface area (Å²) in [6.07, 6.45) is 1.38. The van der Waals surface area contributed by atoms with E-state index in [4.69, 9.17) is 9.47 Å². The van der Waals surface area contributed by atoms with E-state index >= 15 is 0 Å². The van der Waals surface area contributed by atoms with Crippen LogP contribution in [0.2, 0.25) is 0 Å². The Labute approximate surface area is 248 Å². The third-order valence-corrected chi connectivity index (χ3v) is 7.80. The van der Waals surface area contributed by atoms with Gasteiger partial charge in [0.1, 0.15) is 23.9 Å². The van der Waals surface area contributed by atoms with Gasteiger partial charge in [0.25, 0.3) is 21.8 Å². The van der Waals surface area contributed by atoms with Gasteiger partial charge in [-0.3, -0.25) is 13.9 Å². The number of nitrogens with zero attached hydrogens (tertiary/aromatic N) is 2. The maximum absolute atomic E-state index is 13.6. The van der Waals surface area contributed by atoms with Gasteiger partial charge in [0.05, 0.1) is 23.9 Å². The SMILES string of the molecule is COc1ccccc1N(CC(=O)N/N=C\c1ccc(OCC(=O)Nc2ccc(F)cc2)cc1)S(=O)(=O)c1ccc(C)cc1. The van der Waals surface area contributed by atoms with Gasteiger partial charge in [-0.25, -0.2) is 18.2 Å². The van der Waals surface area contributed by atoms with Crippen molar-refractivity contribution < 1.29 is 31.9 Å². The fourth-order valence-electron chi connectivity index (χ4n) is 3.85. The van der Waals surface area contributed by atoms with Crippen molar-refractivity contribution >= 4 is 39.4 Å². The van der Waals surface area contributed by atoms with E-state index < -0.39 is 34.2 Å². The third kappa shape index (κ3) is 8.39. The van der Waals surface area contributed by atoms with E-state index in [9.17, 15) is 22.4 Å². The molecule has 0 saturated heterocycles. The van der Waals surface area contributed by atoms with Crippen LogP contribution in [-0.2, 0) is 19.6 Å². The first-order valence-corrected chi connectivity index (χ1v) is 14.4. The molecular formula is C31H29FN4O6S. The Hall–Kier alpha value is -5.23. The number of ether oxygens (including phenoxy) is 2. The Morgan fingerprint density at radius 1 is 0.907 bits per heavy atom. The highest BCUT2D eigenvalue weighted by atomic mass is 32.2. The fraction of sp³-hybridized carbons (Fsp3) is 0.129. The second-order valence-corrected chi connectivity index (χ2v) is 11.1. The van der Waals surface area contributed by atoms with Crippen molar-refractivity contribution in [3.8, 4) is 11.5 Å². The zero-order chi connectivity index (χ0) is 30.8. The summed E-state index contributed by atoms with van der Waals surface area (Å²) in [5.74, 6) is -0.788. The van der Waals surface area contributed by atoms with E-state index in [1.165, 1.54) is 49.7 Å². The molecule has 0 bridgehead atoms. The number of hydrogen-bond acceptors (Lipinski definition) is 7. The number of hydrogen-bond donors (Lipinski definition) is 2. The quantitative estimate of drug-likeness (QED) is 0.181. The Morgan fingerprint density at radius 2 is 1.58 bits per heavy atom. The fourth-order valence-corrected chi connectivity index (χ4v) is 5.28. The number of amides is 2. The van der Waals surface area contributed by atoms with Crippen molar-refractivity contribution in [2.24, 2.45) is 5.10 Å². The highest BCUT2D eigenvalue weighted by molar-refractivity contribution is 7.92. The Bertz CT molecular complexity index is 1690. The van der Waals surface area contributed by atoms with Crippen molar-refractivity contribution in [1.29, 1.82) is 0 Å². The molecule has 0 fully saturated rings. The average Bonchev–Trinajstić information content (AvgIpc) is 3.01. The zero-order valence-electron chi connectivity index (χ0n) is 23.4. The molecule has 0 aliphatic heterocycles. The van der Waals surface area contributed by atoms with Gasteiger partial charge in [-0.2, -0.15) is 5.10 Å². The third-order valence-electron chi connectivity index (χ3n) is 6.03. The smallest absolute Gasteiger partial charge is 0.264 e. The largest absolute Gasteiger partial charge is 0.495 e. The predicted molar refractivity (Wildman–Crippen MR) is 161 cm³/mol. The van der Waals surface area contributed by atoms with Crippen molar-refractivity contribution in [2.45, 2.75) is 11.8 Å². The first kappa shape index (κ1) is 30.7. The average molecular weight is 605 g/mol. The minimum absolute atomic E-state index is 0.0237. The summed E-state index contributed by atoms with van der Waals surface area (Å²) in [5.41, 5.74) is 4.51. The molecule has 10 nitrogen and oxygen atoms in total.